The van der Waals surface area contributed by atoms with E-state index in [1.165, 1.54) is 0 Å². The van der Waals surface area contributed by atoms with Crippen molar-refractivity contribution in [3.63, 3.8) is 0 Å². The van der Waals surface area contributed by atoms with Crippen LogP contribution in [0.1, 0.15) is 11.4 Å². The van der Waals surface area contributed by atoms with Crippen LogP contribution >= 0.6 is 11.6 Å². The predicted molar refractivity (Wildman–Crippen MR) is 73.2 cm³/mol. The fraction of sp³-hybridized carbons (Fsp3) is 0.182. The van der Waals surface area contributed by atoms with Crippen LogP contribution in [0.5, 0.6) is 0 Å². The summed E-state index contributed by atoms with van der Waals surface area (Å²) in [5, 5.41) is 4.62. The van der Waals surface area contributed by atoms with Crippen LogP contribution < -0.4 is 22.8 Å². The molecule has 0 aliphatic rings. The summed E-state index contributed by atoms with van der Waals surface area (Å²) in [5.41, 5.74) is 2.23. The minimum atomic E-state index is -0.586. The van der Waals surface area contributed by atoms with Gasteiger partial charge in [0.1, 0.15) is 6.54 Å². The molecule has 2 rings (SSSR count). The van der Waals surface area contributed by atoms with E-state index in [9.17, 15) is 9.59 Å². The van der Waals surface area contributed by atoms with Crippen molar-refractivity contribution in [3.8, 4) is 0 Å². The van der Waals surface area contributed by atoms with Gasteiger partial charge in [0.05, 0.1) is 0 Å². The molecule has 8 nitrogen and oxygen atoms in total. The largest absolute Gasteiger partial charge is 0.365 e. The highest BCUT2D eigenvalue weighted by molar-refractivity contribution is 6.30. The third kappa shape index (κ3) is 2.98. The number of carbonyl (C=O) groups is 1. The molecule has 20 heavy (non-hydrogen) atoms. The molecule has 5 N–H and O–H groups in total. The Hall–Kier alpha value is -2.32. The van der Waals surface area contributed by atoms with Gasteiger partial charge in [-0.2, -0.15) is 9.77 Å². The maximum absolute atomic E-state index is 11.8. The predicted octanol–water partition coefficient (Wildman–Crippen LogP) is -1.01. The van der Waals surface area contributed by atoms with Crippen LogP contribution in [0, 0.1) is 0 Å². The molecule has 1 aromatic heterocycles. The number of nitrogens with two attached hydrogens (primary N) is 2. The van der Waals surface area contributed by atoms with E-state index in [4.69, 9.17) is 23.3 Å². The van der Waals surface area contributed by atoms with Crippen molar-refractivity contribution in [2.45, 2.75) is 13.0 Å². The van der Waals surface area contributed by atoms with E-state index in [-0.39, 0.29) is 6.54 Å². The Balaban J connectivity index is 2.24. The molecule has 0 fully saturated rings. The monoisotopic (exact) mass is 296 g/mol. The molecule has 0 spiro atoms. The molecule has 9 heteroatoms. The molecule has 0 saturated carbocycles. The van der Waals surface area contributed by atoms with Crippen molar-refractivity contribution in [1.82, 2.24) is 19.9 Å². The van der Waals surface area contributed by atoms with E-state index < -0.39 is 11.6 Å². The van der Waals surface area contributed by atoms with E-state index >= 15 is 0 Å². The molecule has 0 radical (unpaired) electrons. The summed E-state index contributed by atoms with van der Waals surface area (Å²) in [4.78, 5) is 22.9. The van der Waals surface area contributed by atoms with E-state index in [0.717, 1.165) is 14.9 Å². The number of amides is 1. The van der Waals surface area contributed by atoms with Gasteiger partial charge in [-0.1, -0.05) is 23.7 Å². The van der Waals surface area contributed by atoms with Crippen molar-refractivity contribution >= 4 is 17.5 Å². The van der Waals surface area contributed by atoms with Gasteiger partial charge in [0, 0.05) is 11.4 Å². The SMILES string of the molecule is NNC(=O)Cn1nc(Cc2ccc(Cl)cc2)n(N)c1=O. The highest BCUT2D eigenvalue weighted by atomic mass is 35.5. The standard InChI is InChI=1S/C11H13ClN6O2/c12-8-3-1-7(2-4-8)5-9-16-17(6-10(19)15-13)11(20)18(9)14/h1-4H,5-6,13-14H2,(H,15,19). The number of benzene rings is 1. The van der Waals surface area contributed by atoms with Gasteiger partial charge in [0.2, 0.25) is 0 Å². The van der Waals surface area contributed by atoms with Gasteiger partial charge in [-0.15, -0.1) is 0 Å². The summed E-state index contributed by atoms with van der Waals surface area (Å²) in [7, 11) is 0. The maximum atomic E-state index is 11.8. The Kier molecular flexibility index (Phi) is 4.06. The van der Waals surface area contributed by atoms with E-state index in [2.05, 4.69) is 5.10 Å². The quantitative estimate of drug-likeness (QED) is 0.379. The Morgan fingerprint density at radius 3 is 2.60 bits per heavy atom. The second kappa shape index (κ2) is 5.76. The number of carbonyl (C=O) groups excluding carboxylic acids is 1. The molecule has 1 amide bonds. The number of hydrazine groups is 1. The number of rotatable bonds is 4. The summed E-state index contributed by atoms with van der Waals surface area (Å²) >= 11 is 5.79. The highest BCUT2D eigenvalue weighted by Gasteiger charge is 2.13. The van der Waals surface area contributed by atoms with Crippen molar-refractivity contribution < 1.29 is 4.79 Å². The van der Waals surface area contributed by atoms with Crippen LogP contribution in [0.15, 0.2) is 29.1 Å². The topological polar surface area (TPSA) is 121 Å². The molecule has 0 aliphatic heterocycles. The number of hydrogen-bond donors (Lipinski definition) is 3. The van der Waals surface area contributed by atoms with Crippen molar-refractivity contribution in [1.29, 1.82) is 0 Å². The normalized spacial score (nSPS) is 10.5. The lowest BCUT2D eigenvalue weighted by Crippen LogP contribution is -2.38. The van der Waals surface area contributed by atoms with Crippen LogP contribution in [0.3, 0.4) is 0 Å². The molecule has 2 aromatic rings. The van der Waals surface area contributed by atoms with Crippen LogP contribution in [0.2, 0.25) is 5.02 Å². The first-order valence-corrected chi connectivity index (χ1v) is 6.06. The molecule has 1 heterocycles. The van der Waals surface area contributed by atoms with Crippen LogP contribution in [-0.2, 0) is 17.8 Å². The van der Waals surface area contributed by atoms with E-state index in [1.54, 1.807) is 24.3 Å². The van der Waals surface area contributed by atoms with Crippen LogP contribution in [0.25, 0.3) is 0 Å². The number of nitrogens with one attached hydrogen (secondary N) is 1. The smallest absolute Gasteiger partial charge is 0.333 e. The zero-order valence-corrected chi connectivity index (χ0v) is 11.2. The molecule has 0 atom stereocenters. The Labute approximate surface area is 118 Å². The number of hydrogen-bond acceptors (Lipinski definition) is 5. The van der Waals surface area contributed by atoms with E-state index in [1.807, 2.05) is 5.43 Å². The van der Waals surface area contributed by atoms with Gasteiger partial charge in [-0.3, -0.25) is 10.2 Å². The Morgan fingerprint density at radius 2 is 2.00 bits per heavy atom. The first kappa shape index (κ1) is 14.1. The molecule has 106 valence electrons. The van der Waals surface area contributed by atoms with Gasteiger partial charge in [-0.25, -0.2) is 15.3 Å². The summed E-state index contributed by atoms with van der Waals surface area (Å²) in [6.07, 6.45) is 0.347. The zero-order chi connectivity index (χ0) is 14.7. The second-order valence-corrected chi connectivity index (χ2v) is 4.53. The van der Waals surface area contributed by atoms with Gasteiger partial charge in [0.25, 0.3) is 5.91 Å². The van der Waals surface area contributed by atoms with Gasteiger partial charge in [-0.05, 0) is 17.7 Å². The molecule has 1 aromatic carbocycles. The lowest BCUT2D eigenvalue weighted by Gasteiger charge is -2.00. The minimum Gasteiger partial charge on any atom is -0.333 e. The van der Waals surface area contributed by atoms with Crippen molar-refractivity contribution in [3.05, 3.63) is 51.2 Å². The summed E-state index contributed by atoms with van der Waals surface area (Å²) in [6.45, 7) is -0.285. The Bertz CT molecular complexity index is 675. The van der Waals surface area contributed by atoms with Crippen LogP contribution in [-0.4, -0.2) is 20.4 Å². The molecular weight excluding hydrogens is 284 g/mol. The number of halogens is 1. The van der Waals surface area contributed by atoms with Crippen LogP contribution in [0.4, 0.5) is 0 Å². The number of nitrogen functional groups attached to an aromatic ring is 1. The van der Waals surface area contributed by atoms with Gasteiger partial charge >= 0.3 is 5.69 Å². The molecular formula is C11H13ClN6O2. The van der Waals surface area contributed by atoms with E-state index in [0.29, 0.717) is 17.3 Å². The molecule has 0 bridgehead atoms. The van der Waals surface area contributed by atoms with Crippen molar-refractivity contribution in [2.75, 3.05) is 5.84 Å². The first-order chi connectivity index (χ1) is 9.51. The molecule has 0 saturated heterocycles. The summed E-state index contributed by atoms with van der Waals surface area (Å²) in [5.74, 6) is 10.4. The minimum absolute atomic E-state index is 0.285. The number of aromatic nitrogens is 3. The van der Waals surface area contributed by atoms with Gasteiger partial charge in [0.15, 0.2) is 5.82 Å². The third-order valence-electron chi connectivity index (χ3n) is 2.67. The van der Waals surface area contributed by atoms with Crippen molar-refractivity contribution in [2.24, 2.45) is 5.84 Å². The fourth-order valence-electron chi connectivity index (χ4n) is 1.66. The maximum Gasteiger partial charge on any atom is 0.365 e. The molecule has 0 aliphatic carbocycles. The highest BCUT2D eigenvalue weighted by Crippen LogP contribution is 2.11. The zero-order valence-electron chi connectivity index (χ0n) is 10.4. The summed E-state index contributed by atoms with van der Waals surface area (Å²) < 4.78 is 1.85. The van der Waals surface area contributed by atoms with Gasteiger partial charge < -0.3 is 5.84 Å². The Morgan fingerprint density at radius 1 is 1.35 bits per heavy atom. The lowest BCUT2D eigenvalue weighted by atomic mass is 10.1. The molecule has 0 unspecified atom stereocenters. The fourth-order valence-corrected chi connectivity index (χ4v) is 1.78. The average Bonchev–Trinajstić information content (AvgIpc) is 2.69. The third-order valence-corrected chi connectivity index (χ3v) is 2.92. The lowest BCUT2D eigenvalue weighted by molar-refractivity contribution is -0.121. The summed E-state index contributed by atoms with van der Waals surface area (Å²) in [6, 6.07) is 7.07. The number of nitrogens with zero attached hydrogens (tertiary/aromatic N) is 3. The first-order valence-electron chi connectivity index (χ1n) is 5.69. The average molecular weight is 297 g/mol. The second-order valence-electron chi connectivity index (χ2n) is 4.10.